The lowest BCUT2D eigenvalue weighted by Crippen LogP contribution is -2.53. The van der Waals surface area contributed by atoms with E-state index < -0.39 is 29.6 Å². The first-order valence-corrected chi connectivity index (χ1v) is 6.37. The van der Waals surface area contributed by atoms with E-state index in [1.165, 1.54) is 6.92 Å². The summed E-state index contributed by atoms with van der Waals surface area (Å²) in [6.45, 7) is 5.65. The molecule has 1 unspecified atom stereocenters. The summed E-state index contributed by atoms with van der Waals surface area (Å²) in [7, 11) is 0. The first-order valence-electron chi connectivity index (χ1n) is 6.04. The fraction of sp³-hybridized carbons (Fsp3) is 0.833. The monoisotopic (exact) mass is 344 g/mol. The lowest BCUT2D eigenvalue weighted by atomic mass is 9.97. The van der Waals surface area contributed by atoms with E-state index in [9.17, 15) is 14.4 Å². The number of halogens is 1. The normalized spacial score (nSPS) is 23.3. The van der Waals surface area contributed by atoms with Crippen molar-refractivity contribution in [3.63, 3.8) is 0 Å². The average Bonchev–Trinajstić information content (AvgIpc) is 2.78. The maximum absolute atomic E-state index is 14.5. The Bertz CT molecular complexity index is 339. The van der Waals surface area contributed by atoms with Gasteiger partial charge in [0.2, 0.25) is 5.67 Å². The van der Waals surface area contributed by atoms with Gasteiger partial charge in [0.1, 0.15) is 6.10 Å². The summed E-state index contributed by atoms with van der Waals surface area (Å²) in [5.41, 5.74) is -2.60. The molecule has 130 valence electrons. The number of hydrogen-bond donors (Lipinski definition) is 0. The van der Waals surface area contributed by atoms with Gasteiger partial charge in [0, 0.05) is 7.43 Å². The Morgan fingerprint density at radius 1 is 1.55 bits per heavy atom. The van der Waals surface area contributed by atoms with Crippen LogP contribution in [-0.2, 0) is 41.5 Å². The fourth-order valence-corrected chi connectivity index (χ4v) is 1.80. The standard InChI is InChI=1S/C11H19FO7.CH3.OS/c1-5-15-9(13)11(4,12)8(18-19-14)7-6-16-10(2,3)17-7;;1-2/h7-8,14H,5-6H2,1-4H3;1H3;/q;+1;/p-1/t7?,8-,11-;;/m1../s1. The van der Waals surface area contributed by atoms with Crippen LogP contribution in [0.1, 0.15) is 27.7 Å². The van der Waals surface area contributed by atoms with Gasteiger partial charge in [-0.05, 0) is 27.7 Å². The van der Waals surface area contributed by atoms with E-state index in [1.54, 1.807) is 13.8 Å². The van der Waals surface area contributed by atoms with Crippen LogP contribution in [0.15, 0.2) is 0 Å². The smallest absolute Gasteiger partial charge is 0.346 e. The van der Waals surface area contributed by atoms with Gasteiger partial charge in [-0.2, -0.15) is 4.21 Å². The van der Waals surface area contributed by atoms with Crippen LogP contribution >= 0.6 is 0 Å². The van der Waals surface area contributed by atoms with Gasteiger partial charge in [-0.15, -0.1) is 0 Å². The molecule has 10 heteroatoms. The maximum atomic E-state index is 14.5. The van der Waals surface area contributed by atoms with E-state index in [0.717, 1.165) is 6.92 Å². The van der Waals surface area contributed by atoms with Crippen molar-refractivity contribution in [2.75, 3.05) is 13.2 Å². The third kappa shape index (κ3) is 6.07. The lowest BCUT2D eigenvalue weighted by molar-refractivity contribution is -0.807. The third-order valence-electron chi connectivity index (χ3n) is 2.72. The summed E-state index contributed by atoms with van der Waals surface area (Å²) in [6.07, 6.45) is -2.56. The zero-order valence-corrected chi connectivity index (χ0v) is 13.9. The van der Waals surface area contributed by atoms with Crippen LogP contribution < -0.4 is 5.26 Å². The molecule has 0 amide bonds. The van der Waals surface area contributed by atoms with Crippen LogP contribution in [0.4, 0.5) is 4.39 Å². The second-order valence-electron chi connectivity index (χ2n) is 4.75. The van der Waals surface area contributed by atoms with Crippen molar-refractivity contribution in [1.29, 1.82) is 0 Å². The highest BCUT2D eigenvalue weighted by Gasteiger charge is 2.53. The number of hydrogen-bond acceptors (Lipinski definition) is 9. The molecular weight excluding hydrogens is 323 g/mol. The van der Waals surface area contributed by atoms with Crippen molar-refractivity contribution in [3.05, 3.63) is 7.43 Å². The summed E-state index contributed by atoms with van der Waals surface area (Å²) < 4.78 is 37.5. The van der Waals surface area contributed by atoms with Crippen LogP contribution in [0.25, 0.3) is 0 Å². The van der Waals surface area contributed by atoms with Crippen LogP contribution in [0.3, 0.4) is 0 Å². The van der Waals surface area contributed by atoms with Crippen LogP contribution in [0, 0.1) is 7.43 Å². The van der Waals surface area contributed by atoms with Gasteiger partial charge in [0.05, 0.1) is 13.2 Å². The Balaban J connectivity index is 0. The predicted molar refractivity (Wildman–Crippen MR) is 71.6 cm³/mol. The zero-order valence-electron chi connectivity index (χ0n) is 13.1. The van der Waals surface area contributed by atoms with Gasteiger partial charge in [0.25, 0.3) is 0 Å². The van der Waals surface area contributed by atoms with E-state index in [1.807, 2.05) is 0 Å². The maximum Gasteiger partial charge on any atom is 0.346 e. The summed E-state index contributed by atoms with van der Waals surface area (Å²) >= 11 is 2.83. The Hall–Kier alpha value is -0.910. The SMILES string of the molecule is CCOC(=O)[C@](C)(F)[C@H](OO[O-])C1COC(C)(C)O1.O=S.[CH3+]. The van der Waals surface area contributed by atoms with Crippen LogP contribution in [0.5, 0.6) is 0 Å². The Kier molecular flexibility index (Phi) is 10.6. The molecule has 22 heavy (non-hydrogen) atoms. The molecule has 1 aliphatic heterocycles. The molecule has 0 aromatic heterocycles. The molecular formula is C12H21FO8S. The second kappa shape index (κ2) is 9.98. The summed E-state index contributed by atoms with van der Waals surface area (Å²) in [4.78, 5) is 15.9. The van der Waals surface area contributed by atoms with Gasteiger partial charge in [-0.25, -0.2) is 14.1 Å². The van der Waals surface area contributed by atoms with Crippen LogP contribution in [0.2, 0.25) is 0 Å². The van der Waals surface area contributed by atoms with Crippen molar-refractivity contribution in [2.24, 2.45) is 0 Å². The summed E-state index contributed by atoms with van der Waals surface area (Å²) in [5, 5.41) is 13.4. The minimum atomic E-state index is -2.60. The van der Waals surface area contributed by atoms with Crippen molar-refractivity contribution in [2.45, 2.75) is 51.4 Å². The molecule has 3 atom stereocenters. The number of carbonyl (C=O) groups is 1. The quantitative estimate of drug-likeness (QED) is 0.288. The Morgan fingerprint density at radius 3 is 2.45 bits per heavy atom. The van der Waals surface area contributed by atoms with E-state index in [2.05, 4.69) is 27.2 Å². The van der Waals surface area contributed by atoms with Crippen molar-refractivity contribution in [1.82, 2.24) is 0 Å². The Morgan fingerprint density at radius 2 is 2.09 bits per heavy atom. The number of carbonyl (C=O) groups excluding carboxylic acids is 1. The molecule has 0 radical (unpaired) electrons. The molecule has 0 bridgehead atoms. The van der Waals surface area contributed by atoms with Gasteiger partial charge < -0.3 is 19.5 Å². The number of rotatable bonds is 6. The number of ether oxygens (including phenoxy) is 3. The fourth-order valence-electron chi connectivity index (χ4n) is 1.80. The van der Waals surface area contributed by atoms with Gasteiger partial charge >= 0.3 is 5.97 Å². The number of alkyl halides is 1. The van der Waals surface area contributed by atoms with Crippen LogP contribution in [-0.4, -0.2) is 47.1 Å². The molecule has 0 N–H and O–H groups in total. The van der Waals surface area contributed by atoms with Crippen molar-refractivity contribution < 1.29 is 42.8 Å². The van der Waals surface area contributed by atoms with E-state index in [4.69, 9.17) is 13.7 Å². The molecule has 8 nitrogen and oxygen atoms in total. The second-order valence-corrected chi connectivity index (χ2v) is 4.75. The molecule has 0 aliphatic carbocycles. The lowest BCUT2D eigenvalue weighted by Gasteiger charge is -2.31. The van der Waals surface area contributed by atoms with Gasteiger partial charge in [-0.3, -0.25) is 5.04 Å². The zero-order chi connectivity index (χ0) is 16.7. The summed E-state index contributed by atoms with van der Waals surface area (Å²) in [5.74, 6) is -2.12. The predicted octanol–water partition coefficient (Wildman–Crippen LogP) is 0.135. The minimum absolute atomic E-state index is 0. The van der Waals surface area contributed by atoms with E-state index in [-0.39, 0.29) is 20.6 Å². The van der Waals surface area contributed by atoms with E-state index in [0.29, 0.717) is 0 Å². The van der Waals surface area contributed by atoms with E-state index >= 15 is 0 Å². The largest absolute Gasteiger partial charge is 0.692 e. The average molecular weight is 344 g/mol. The molecule has 1 rings (SSSR count). The summed E-state index contributed by atoms with van der Waals surface area (Å²) in [6, 6.07) is 0. The molecule has 1 fully saturated rings. The first-order chi connectivity index (χ1) is 9.74. The highest BCUT2D eigenvalue weighted by molar-refractivity contribution is 7.44. The van der Waals surface area contributed by atoms with Gasteiger partial charge in [0.15, 0.2) is 24.4 Å². The molecule has 0 spiro atoms. The highest BCUT2D eigenvalue weighted by atomic mass is 32.1. The highest BCUT2D eigenvalue weighted by Crippen LogP contribution is 2.32. The Labute approximate surface area is 134 Å². The molecule has 0 aromatic rings. The molecule has 1 aliphatic rings. The van der Waals surface area contributed by atoms with Crippen molar-refractivity contribution >= 4 is 18.5 Å². The van der Waals surface area contributed by atoms with Crippen molar-refractivity contribution in [3.8, 4) is 0 Å². The number of esters is 1. The topological polar surface area (TPSA) is 103 Å². The molecule has 1 heterocycles. The minimum Gasteiger partial charge on any atom is -0.692 e. The molecule has 0 saturated carbocycles. The molecule has 1 saturated heterocycles. The molecule has 0 aromatic carbocycles. The van der Waals surface area contributed by atoms with Gasteiger partial charge in [-0.1, -0.05) is 0 Å². The first kappa shape index (κ1) is 23.4. The third-order valence-corrected chi connectivity index (χ3v) is 2.72.